The van der Waals surface area contributed by atoms with Gasteiger partial charge in [-0.05, 0) is 48.9 Å². The molecule has 1 amide bonds. The van der Waals surface area contributed by atoms with E-state index in [4.69, 9.17) is 16.3 Å². The van der Waals surface area contributed by atoms with Gasteiger partial charge >= 0.3 is 0 Å². The number of piperazine rings is 1. The molecule has 4 rings (SSSR count). The summed E-state index contributed by atoms with van der Waals surface area (Å²) < 4.78 is 19.3. The van der Waals surface area contributed by atoms with Crippen molar-refractivity contribution < 1.29 is 13.9 Å². The van der Waals surface area contributed by atoms with Crippen LogP contribution in [-0.2, 0) is 4.79 Å². The van der Waals surface area contributed by atoms with Crippen LogP contribution in [0.3, 0.4) is 0 Å². The van der Waals surface area contributed by atoms with Gasteiger partial charge in [-0.3, -0.25) is 9.78 Å². The SMILES string of the molecule is CC(Oc1ccc2c(-c3ccc(F)cc3Cl)ccnc2c1)C(=O)N1CCNCC1. The highest BCUT2D eigenvalue weighted by molar-refractivity contribution is 6.33. The number of nitrogens with one attached hydrogen (secondary N) is 1. The number of carbonyl (C=O) groups excluding carboxylic acids is 1. The highest BCUT2D eigenvalue weighted by atomic mass is 35.5. The Bertz CT molecular complexity index is 1050. The number of fused-ring (bicyclic) bond motifs is 1. The maximum atomic E-state index is 13.4. The number of halogens is 2. The summed E-state index contributed by atoms with van der Waals surface area (Å²) in [6.45, 7) is 4.73. The van der Waals surface area contributed by atoms with Gasteiger partial charge in [0.2, 0.25) is 0 Å². The van der Waals surface area contributed by atoms with Crippen LogP contribution in [0.2, 0.25) is 5.02 Å². The van der Waals surface area contributed by atoms with Crippen molar-refractivity contribution in [1.29, 1.82) is 0 Å². The molecular formula is C22H21ClFN3O2. The summed E-state index contributed by atoms with van der Waals surface area (Å²) in [6, 6.07) is 11.7. The summed E-state index contributed by atoms with van der Waals surface area (Å²) in [5.74, 6) is 0.172. The molecule has 0 bridgehead atoms. The van der Waals surface area contributed by atoms with Crippen LogP contribution in [0, 0.1) is 5.82 Å². The second kappa shape index (κ2) is 8.35. The van der Waals surface area contributed by atoms with E-state index >= 15 is 0 Å². The number of amides is 1. The summed E-state index contributed by atoms with van der Waals surface area (Å²) in [5, 5.41) is 4.44. The topological polar surface area (TPSA) is 54.5 Å². The zero-order valence-corrected chi connectivity index (χ0v) is 16.7. The van der Waals surface area contributed by atoms with Crippen LogP contribution in [0.25, 0.3) is 22.0 Å². The molecule has 0 radical (unpaired) electrons. The molecule has 1 aromatic heterocycles. The first-order valence-electron chi connectivity index (χ1n) is 9.53. The van der Waals surface area contributed by atoms with Crippen LogP contribution in [0.1, 0.15) is 6.92 Å². The lowest BCUT2D eigenvalue weighted by Crippen LogP contribution is -2.50. The molecule has 1 aliphatic heterocycles. The minimum atomic E-state index is -0.583. The van der Waals surface area contributed by atoms with Gasteiger partial charge in [0.15, 0.2) is 6.10 Å². The third-order valence-electron chi connectivity index (χ3n) is 5.02. The number of hydrogen-bond acceptors (Lipinski definition) is 4. The molecule has 1 saturated heterocycles. The second-order valence-electron chi connectivity index (χ2n) is 7.00. The van der Waals surface area contributed by atoms with Gasteiger partial charge in [0.1, 0.15) is 11.6 Å². The van der Waals surface area contributed by atoms with Crippen LogP contribution in [-0.4, -0.2) is 48.1 Å². The molecule has 0 aliphatic carbocycles. The van der Waals surface area contributed by atoms with Crippen molar-refractivity contribution in [2.45, 2.75) is 13.0 Å². The lowest BCUT2D eigenvalue weighted by molar-refractivity contribution is -0.138. The quantitative estimate of drug-likeness (QED) is 0.705. The fourth-order valence-electron chi connectivity index (χ4n) is 3.54. The van der Waals surface area contributed by atoms with E-state index < -0.39 is 6.10 Å². The highest BCUT2D eigenvalue weighted by Gasteiger charge is 2.23. The van der Waals surface area contributed by atoms with Gasteiger partial charge in [-0.2, -0.15) is 0 Å². The third kappa shape index (κ3) is 4.18. The molecule has 1 N–H and O–H groups in total. The van der Waals surface area contributed by atoms with Crippen LogP contribution < -0.4 is 10.1 Å². The van der Waals surface area contributed by atoms with E-state index in [2.05, 4.69) is 10.3 Å². The van der Waals surface area contributed by atoms with Gasteiger partial charge in [-0.25, -0.2) is 4.39 Å². The largest absolute Gasteiger partial charge is 0.481 e. The normalized spacial score (nSPS) is 15.3. The van der Waals surface area contributed by atoms with E-state index in [9.17, 15) is 9.18 Å². The molecule has 1 atom stereocenters. The maximum Gasteiger partial charge on any atom is 0.263 e. The molecule has 7 heteroatoms. The average Bonchev–Trinajstić information content (AvgIpc) is 2.73. The Hall–Kier alpha value is -2.70. The molecule has 0 spiro atoms. The number of pyridine rings is 1. The third-order valence-corrected chi connectivity index (χ3v) is 5.34. The number of hydrogen-bond donors (Lipinski definition) is 1. The Labute approximate surface area is 173 Å². The minimum Gasteiger partial charge on any atom is -0.481 e. The van der Waals surface area contributed by atoms with Gasteiger partial charge in [0.25, 0.3) is 5.91 Å². The highest BCUT2D eigenvalue weighted by Crippen LogP contribution is 2.34. The number of ether oxygens (including phenoxy) is 1. The van der Waals surface area contributed by atoms with E-state index in [1.807, 2.05) is 23.1 Å². The molecule has 3 aromatic rings. The Balaban J connectivity index is 1.59. The molecule has 1 unspecified atom stereocenters. The smallest absolute Gasteiger partial charge is 0.263 e. The first-order chi connectivity index (χ1) is 14.0. The standard InChI is InChI=1S/C22H21ClFN3O2/c1-14(22(28)27-10-8-25-9-11-27)29-16-3-5-19-17(6-7-26-21(19)13-16)18-4-2-15(24)12-20(18)23/h2-7,12-14,25H,8-11H2,1H3. The Morgan fingerprint density at radius 2 is 1.97 bits per heavy atom. The number of aromatic nitrogens is 1. The molecule has 5 nitrogen and oxygen atoms in total. The van der Waals surface area contributed by atoms with Crippen molar-refractivity contribution in [3.8, 4) is 16.9 Å². The predicted octanol–water partition coefficient (Wildman–Crippen LogP) is 3.89. The maximum absolute atomic E-state index is 13.4. The average molecular weight is 414 g/mol. The number of nitrogens with zero attached hydrogens (tertiary/aromatic N) is 2. The summed E-state index contributed by atoms with van der Waals surface area (Å²) in [4.78, 5) is 18.8. The Morgan fingerprint density at radius 3 is 2.72 bits per heavy atom. The van der Waals surface area contributed by atoms with Crippen LogP contribution in [0.4, 0.5) is 4.39 Å². The number of rotatable bonds is 4. The van der Waals surface area contributed by atoms with Crippen molar-refractivity contribution in [2.24, 2.45) is 0 Å². The summed E-state index contributed by atoms with van der Waals surface area (Å²) >= 11 is 6.24. The van der Waals surface area contributed by atoms with E-state index in [1.165, 1.54) is 12.1 Å². The van der Waals surface area contributed by atoms with Gasteiger partial charge < -0.3 is 15.0 Å². The molecule has 1 fully saturated rings. The molecule has 2 heterocycles. The van der Waals surface area contributed by atoms with Crippen molar-refractivity contribution in [1.82, 2.24) is 15.2 Å². The van der Waals surface area contributed by atoms with E-state index in [0.29, 0.717) is 29.4 Å². The molecule has 150 valence electrons. The molecular weight excluding hydrogens is 393 g/mol. The van der Waals surface area contributed by atoms with E-state index in [0.717, 1.165) is 29.6 Å². The minimum absolute atomic E-state index is 0.0219. The van der Waals surface area contributed by atoms with Crippen LogP contribution in [0.15, 0.2) is 48.7 Å². The van der Waals surface area contributed by atoms with Crippen molar-refractivity contribution in [2.75, 3.05) is 26.2 Å². The first-order valence-corrected chi connectivity index (χ1v) is 9.91. The summed E-state index contributed by atoms with van der Waals surface area (Å²) in [5.41, 5.74) is 2.30. The predicted molar refractivity (Wildman–Crippen MR) is 112 cm³/mol. The fourth-order valence-corrected chi connectivity index (χ4v) is 3.81. The summed E-state index contributed by atoms with van der Waals surface area (Å²) in [7, 11) is 0. The lowest BCUT2D eigenvalue weighted by Gasteiger charge is -2.29. The Morgan fingerprint density at radius 1 is 1.17 bits per heavy atom. The molecule has 0 saturated carbocycles. The zero-order chi connectivity index (χ0) is 20.4. The monoisotopic (exact) mass is 413 g/mol. The lowest BCUT2D eigenvalue weighted by atomic mass is 10.0. The Kier molecular flexibility index (Phi) is 5.65. The zero-order valence-electron chi connectivity index (χ0n) is 16.0. The first kappa shape index (κ1) is 19.6. The van der Waals surface area contributed by atoms with Gasteiger partial charge in [0.05, 0.1) is 10.5 Å². The number of benzene rings is 2. The van der Waals surface area contributed by atoms with E-state index in [1.54, 1.807) is 25.3 Å². The van der Waals surface area contributed by atoms with Crippen molar-refractivity contribution >= 4 is 28.4 Å². The van der Waals surface area contributed by atoms with Crippen LogP contribution in [0.5, 0.6) is 5.75 Å². The fraction of sp³-hybridized carbons (Fsp3) is 0.273. The van der Waals surface area contributed by atoms with E-state index in [-0.39, 0.29) is 11.7 Å². The molecule has 2 aromatic carbocycles. The van der Waals surface area contributed by atoms with Crippen LogP contribution >= 0.6 is 11.6 Å². The second-order valence-corrected chi connectivity index (χ2v) is 7.40. The van der Waals surface area contributed by atoms with Gasteiger partial charge in [0, 0.05) is 49.4 Å². The van der Waals surface area contributed by atoms with Gasteiger partial charge in [-0.15, -0.1) is 0 Å². The number of carbonyl (C=O) groups is 1. The van der Waals surface area contributed by atoms with Crippen molar-refractivity contribution in [3.63, 3.8) is 0 Å². The van der Waals surface area contributed by atoms with Gasteiger partial charge in [-0.1, -0.05) is 11.6 Å². The van der Waals surface area contributed by atoms with Crippen molar-refractivity contribution in [3.05, 3.63) is 59.5 Å². The molecule has 1 aliphatic rings. The molecule has 29 heavy (non-hydrogen) atoms. The summed E-state index contributed by atoms with van der Waals surface area (Å²) in [6.07, 6.45) is 1.09.